The number of aryl methyl sites for hydroxylation is 2. The molecule has 7 nitrogen and oxygen atoms in total. The van der Waals surface area contributed by atoms with Gasteiger partial charge >= 0.3 is 0 Å². The Morgan fingerprint density at radius 2 is 1.89 bits per heavy atom. The van der Waals surface area contributed by atoms with Gasteiger partial charge in [0, 0.05) is 30.7 Å². The average molecular weight is 496 g/mol. The molecule has 35 heavy (non-hydrogen) atoms. The van der Waals surface area contributed by atoms with Gasteiger partial charge in [0.05, 0.1) is 16.6 Å². The fraction of sp³-hybridized carbons (Fsp3) is 0.481. The first-order valence-corrected chi connectivity index (χ1v) is 13.8. The predicted molar refractivity (Wildman–Crippen MR) is 139 cm³/mol. The number of aromatic nitrogens is 3. The Morgan fingerprint density at radius 1 is 1.14 bits per heavy atom. The summed E-state index contributed by atoms with van der Waals surface area (Å²) in [5.41, 5.74) is 5.87. The molecule has 0 amide bonds. The maximum absolute atomic E-state index is 12.7. The number of rotatable bonds is 8. The van der Waals surface area contributed by atoms with Crippen LogP contribution in [0.3, 0.4) is 0 Å². The fourth-order valence-corrected chi connectivity index (χ4v) is 5.80. The summed E-state index contributed by atoms with van der Waals surface area (Å²) in [6.07, 6.45) is 5.64. The van der Waals surface area contributed by atoms with Gasteiger partial charge in [-0.05, 0) is 82.7 Å². The van der Waals surface area contributed by atoms with E-state index >= 15 is 0 Å². The molecule has 0 bridgehead atoms. The van der Waals surface area contributed by atoms with Gasteiger partial charge < -0.3 is 5.32 Å². The smallest absolute Gasteiger partial charge is 0.240 e. The van der Waals surface area contributed by atoms with Crippen LogP contribution >= 0.6 is 0 Å². The molecule has 0 saturated carbocycles. The Bertz CT molecular complexity index is 1260. The highest BCUT2D eigenvalue weighted by Crippen LogP contribution is 2.33. The third-order valence-electron chi connectivity index (χ3n) is 6.39. The molecule has 1 aliphatic carbocycles. The highest BCUT2D eigenvalue weighted by Gasteiger charge is 2.24. The first kappa shape index (κ1) is 25.5. The Morgan fingerprint density at radius 3 is 2.60 bits per heavy atom. The van der Waals surface area contributed by atoms with E-state index in [2.05, 4.69) is 59.3 Å². The molecule has 1 aromatic heterocycles. The lowest BCUT2D eigenvalue weighted by Gasteiger charge is -2.27. The summed E-state index contributed by atoms with van der Waals surface area (Å²) in [4.78, 5) is 0.273. The minimum atomic E-state index is -3.58. The van der Waals surface area contributed by atoms with E-state index in [-0.39, 0.29) is 22.5 Å². The summed E-state index contributed by atoms with van der Waals surface area (Å²) >= 11 is 0. The van der Waals surface area contributed by atoms with Gasteiger partial charge in [-0.3, -0.25) is 0 Å². The molecular weight excluding hydrogens is 458 g/mol. The second-order valence-corrected chi connectivity index (χ2v) is 12.5. The summed E-state index contributed by atoms with van der Waals surface area (Å²) in [6.45, 7) is 11.2. The van der Waals surface area contributed by atoms with Crippen LogP contribution < -0.4 is 10.0 Å². The highest BCUT2D eigenvalue weighted by atomic mass is 32.2. The molecule has 0 saturated heterocycles. The average Bonchev–Trinajstić information content (AvgIpc) is 3.24. The second kappa shape index (κ2) is 10.2. The van der Waals surface area contributed by atoms with Crippen molar-refractivity contribution in [1.29, 1.82) is 0 Å². The van der Waals surface area contributed by atoms with Crippen LogP contribution in [-0.2, 0) is 29.4 Å². The van der Waals surface area contributed by atoms with E-state index in [4.69, 9.17) is 0 Å². The molecule has 3 aromatic rings. The van der Waals surface area contributed by atoms with Crippen molar-refractivity contribution < 1.29 is 8.42 Å². The molecule has 0 spiro atoms. The SMILES string of the molecule is Cc1ccc(S(=O)(=O)NC(C)Cc2cn(C3CCCc4cc(CNC(C)(C)C)ccc43)nn2)cc1. The summed E-state index contributed by atoms with van der Waals surface area (Å²) in [5, 5.41) is 12.3. The predicted octanol–water partition coefficient (Wildman–Crippen LogP) is 4.31. The maximum Gasteiger partial charge on any atom is 0.240 e. The number of nitrogens with zero attached hydrogens (tertiary/aromatic N) is 3. The van der Waals surface area contributed by atoms with E-state index in [9.17, 15) is 8.42 Å². The van der Waals surface area contributed by atoms with Crippen LogP contribution in [-0.4, -0.2) is 35.0 Å². The molecule has 0 aliphatic heterocycles. The highest BCUT2D eigenvalue weighted by molar-refractivity contribution is 7.89. The number of hydrogen-bond acceptors (Lipinski definition) is 5. The summed E-state index contributed by atoms with van der Waals surface area (Å²) < 4.78 is 30.1. The van der Waals surface area contributed by atoms with E-state index in [1.807, 2.05) is 24.7 Å². The largest absolute Gasteiger partial charge is 0.308 e. The first-order valence-electron chi connectivity index (χ1n) is 12.4. The van der Waals surface area contributed by atoms with Crippen LogP contribution in [0.2, 0.25) is 0 Å². The van der Waals surface area contributed by atoms with Gasteiger partial charge in [0.15, 0.2) is 0 Å². The van der Waals surface area contributed by atoms with Crippen LogP contribution in [0.5, 0.6) is 0 Å². The van der Waals surface area contributed by atoms with Crippen molar-refractivity contribution in [1.82, 2.24) is 25.0 Å². The van der Waals surface area contributed by atoms with Crippen LogP contribution in [0, 0.1) is 6.92 Å². The number of sulfonamides is 1. The van der Waals surface area contributed by atoms with E-state index < -0.39 is 10.0 Å². The summed E-state index contributed by atoms with van der Waals surface area (Å²) in [5.74, 6) is 0. The Labute approximate surface area is 209 Å². The van der Waals surface area contributed by atoms with Crippen molar-refractivity contribution in [3.05, 3.63) is 76.6 Å². The lowest BCUT2D eigenvalue weighted by molar-refractivity contribution is 0.422. The van der Waals surface area contributed by atoms with E-state index in [1.165, 1.54) is 16.7 Å². The summed E-state index contributed by atoms with van der Waals surface area (Å²) in [7, 11) is -3.58. The minimum Gasteiger partial charge on any atom is -0.308 e. The van der Waals surface area contributed by atoms with Gasteiger partial charge in [0.2, 0.25) is 10.0 Å². The van der Waals surface area contributed by atoms with Gasteiger partial charge in [-0.25, -0.2) is 17.8 Å². The molecule has 188 valence electrons. The first-order chi connectivity index (χ1) is 16.5. The number of nitrogens with one attached hydrogen (secondary N) is 2. The zero-order valence-electron chi connectivity index (χ0n) is 21.4. The zero-order chi connectivity index (χ0) is 25.2. The van der Waals surface area contributed by atoms with E-state index in [0.717, 1.165) is 37.1 Å². The molecule has 4 rings (SSSR count). The number of fused-ring (bicyclic) bond motifs is 1. The third kappa shape index (κ3) is 6.57. The minimum absolute atomic E-state index is 0.0844. The molecule has 1 aliphatic rings. The monoisotopic (exact) mass is 495 g/mol. The van der Waals surface area contributed by atoms with E-state index in [0.29, 0.717) is 6.42 Å². The Hall–Kier alpha value is -2.55. The van der Waals surface area contributed by atoms with Gasteiger partial charge in [0.1, 0.15) is 0 Å². The van der Waals surface area contributed by atoms with Crippen molar-refractivity contribution in [3.8, 4) is 0 Å². The third-order valence-corrected chi connectivity index (χ3v) is 8.00. The van der Waals surface area contributed by atoms with Gasteiger partial charge in [0.25, 0.3) is 0 Å². The van der Waals surface area contributed by atoms with Gasteiger partial charge in [-0.1, -0.05) is 41.1 Å². The Kier molecular flexibility index (Phi) is 7.45. The lowest BCUT2D eigenvalue weighted by Crippen LogP contribution is -2.35. The van der Waals surface area contributed by atoms with Gasteiger partial charge in [-0.15, -0.1) is 5.10 Å². The van der Waals surface area contributed by atoms with Crippen molar-refractivity contribution >= 4 is 10.0 Å². The molecule has 1 heterocycles. The standard InChI is InChI=1S/C27H37N5O2S/c1-19-9-12-24(13-10-19)35(33,34)30-20(2)15-23-18-32(31-29-23)26-8-6-7-22-16-21(11-14-25(22)26)17-28-27(3,4)5/h9-14,16,18,20,26,28,30H,6-8,15,17H2,1-5H3. The molecular formula is C27H37N5O2S. The van der Waals surface area contributed by atoms with Crippen LogP contribution in [0.1, 0.15) is 74.5 Å². The summed E-state index contributed by atoms with van der Waals surface area (Å²) in [6, 6.07) is 13.5. The van der Waals surface area contributed by atoms with Gasteiger partial charge in [-0.2, -0.15) is 0 Å². The van der Waals surface area contributed by atoms with Crippen molar-refractivity contribution in [2.75, 3.05) is 0 Å². The maximum atomic E-state index is 12.7. The molecule has 0 fully saturated rings. The van der Waals surface area contributed by atoms with Crippen molar-refractivity contribution in [2.45, 2.75) is 89.4 Å². The molecule has 0 radical (unpaired) electrons. The lowest BCUT2D eigenvalue weighted by atomic mass is 9.86. The molecule has 2 aromatic carbocycles. The van der Waals surface area contributed by atoms with Crippen LogP contribution in [0.25, 0.3) is 0 Å². The molecule has 2 atom stereocenters. The number of hydrogen-bond donors (Lipinski definition) is 2. The zero-order valence-corrected chi connectivity index (χ0v) is 22.2. The fourth-order valence-electron chi connectivity index (χ4n) is 4.56. The van der Waals surface area contributed by atoms with Crippen LogP contribution in [0.15, 0.2) is 53.6 Å². The van der Waals surface area contributed by atoms with E-state index in [1.54, 1.807) is 24.3 Å². The quantitative estimate of drug-likeness (QED) is 0.486. The second-order valence-electron chi connectivity index (χ2n) is 10.8. The van der Waals surface area contributed by atoms with Crippen molar-refractivity contribution in [3.63, 3.8) is 0 Å². The van der Waals surface area contributed by atoms with Crippen LogP contribution in [0.4, 0.5) is 0 Å². The normalized spacial score (nSPS) is 17.2. The molecule has 2 unspecified atom stereocenters. The topological polar surface area (TPSA) is 88.9 Å². The molecule has 8 heteroatoms. The number of benzene rings is 2. The molecule has 2 N–H and O–H groups in total. The van der Waals surface area contributed by atoms with Crippen molar-refractivity contribution in [2.24, 2.45) is 0 Å². The Balaban J connectivity index is 1.43.